The molecule has 9 aromatic carbocycles. The molecule has 0 saturated carbocycles. The molecule has 0 aliphatic heterocycles. The summed E-state index contributed by atoms with van der Waals surface area (Å²) >= 11 is 0. The number of fused-ring (bicyclic) bond motifs is 8. The lowest BCUT2D eigenvalue weighted by Crippen LogP contribution is -2.09. The summed E-state index contributed by atoms with van der Waals surface area (Å²) in [6.45, 7) is 0. The highest BCUT2D eigenvalue weighted by Gasteiger charge is 2.23. The van der Waals surface area contributed by atoms with Gasteiger partial charge in [-0.05, 0) is 94.2 Å². The third-order valence-corrected chi connectivity index (χ3v) is 11.0. The second-order valence-corrected chi connectivity index (χ2v) is 14.1. The van der Waals surface area contributed by atoms with Crippen molar-refractivity contribution in [2.75, 3.05) is 4.90 Å². The Labute approximate surface area is 318 Å². The van der Waals surface area contributed by atoms with E-state index in [1.807, 2.05) is 6.07 Å². The van der Waals surface area contributed by atoms with Gasteiger partial charge in [0.2, 0.25) is 0 Å². The largest absolute Gasteiger partial charge is 0.455 e. The quantitative estimate of drug-likeness (QED) is 0.172. The van der Waals surface area contributed by atoms with Crippen molar-refractivity contribution in [1.29, 1.82) is 0 Å². The first kappa shape index (κ1) is 31.2. The highest BCUT2D eigenvalue weighted by Crippen LogP contribution is 2.46. The average molecular weight is 703 g/mol. The molecule has 0 saturated heterocycles. The minimum Gasteiger partial charge on any atom is -0.455 e. The van der Waals surface area contributed by atoms with E-state index in [9.17, 15) is 0 Å². The van der Waals surface area contributed by atoms with Gasteiger partial charge < -0.3 is 13.9 Å². The number of furan rings is 1. The summed E-state index contributed by atoms with van der Waals surface area (Å²) in [6.07, 6.45) is 0. The molecule has 0 unspecified atom stereocenters. The van der Waals surface area contributed by atoms with Gasteiger partial charge in [0.15, 0.2) is 0 Å². The monoisotopic (exact) mass is 702 g/mol. The topological polar surface area (TPSA) is 21.3 Å². The molecule has 0 aliphatic carbocycles. The number of benzene rings is 9. The summed E-state index contributed by atoms with van der Waals surface area (Å²) in [5.74, 6) is 0. The number of para-hydroxylation sites is 3. The normalized spacial score (nSPS) is 11.6. The van der Waals surface area contributed by atoms with Crippen LogP contribution in [0.2, 0.25) is 0 Å². The Balaban J connectivity index is 1.13. The predicted octanol–water partition coefficient (Wildman–Crippen LogP) is 14.6. The van der Waals surface area contributed by atoms with Gasteiger partial charge >= 0.3 is 0 Å². The van der Waals surface area contributed by atoms with Crippen LogP contribution in [0.5, 0.6) is 0 Å². The van der Waals surface area contributed by atoms with E-state index >= 15 is 0 Å². The Hall–Kier alpha value is -7.36. The van der Waals surface area contributed by atoms with E-state index in [1.54, 1.807) is 0 Å². The average Bonchev–Trinajstić information content (AvgIpc) is 3.81. The third-order valence-electron chi connectivity index (χ3n) is 11.0. The van der Waals surface area contributed by atoms with Crippen molar-refractivity contribution in [2.24, 2.45) is 0 Å². The molecule has 0 radical (unpaired) electrons. The molecule has 11 aromatic rings. The van der Waals surface area contributed by atoms with Crippen molar-refractivity contribution in [3.8, 4) is 27.9 Å². The molecular formula is C52H34N2O. The summed E-state index contributed by atoms with van der Waals surface area (Å²) in [6, 6.07) is 73.8. The first-order valence-corrected chi connectivity index (χ1v) is 18.8. The van der Waals surface area contributed by atoms with Crippen molar-refractivity contribution in [3.63, 3.8) is 0 Å². The molecule has 55 heavy (non-hydrogen) atoms. The van der Waals surface area contributed by atoms with Crippen LogP contribution in [0.15, 0.2) is 211 Å². The van der Waals surface area contributed by atoms with Gasteiger partial charge in [-0.15, -0.1) is 0 Å². The van der Waals surface area contributed by atoms with Crippen LogP contribution in [0.4, 0.5) is 17.1 Å². The molecule has 0 bridgehead atoms. The van der Waals surface area contributed by atoms with Crippen molar-refractivity contribution in [3.05, 3.63) is 206 Å². The Morgan fingerprint density at radius 2 is 0.982 bits per heavy atom. The molecule has 11 rings (SSSR count). The van der Waals surface area contributed by atoms with Crippen LogP contribution in [-0.2, 0) is 0 Å². The molecule has 0 aliphatic rings. The molecule has 0 amide bonds. The van der Waals surface area contributed by atoms with Crippen LogP contribution in [0.25, 0.3) is 82.5 Å². The van der Waals surface area contributed by atoms with E-state index in [0.717, 1.165) is 72.2 Å². The molecule has 2 heterocycles. The molecule has 3 nitrogen and oxygen atoms in total. The third kappa shape index (κ3) is 5.13. The lowest BCUT2D eigenvalue weighted by Gasteiger charge is -2.26. The number of aromatic nitrogens is 1. The molecule has 2 aromatic heterocycles. The van der Waals surface area contributed by atoms with Crippen LogP contribution < -0.4 is 4.90 Å². The second kappa shape index (κ2) is 12.6. The first-order valence-electron chi connectivity index (χ1n) is 18.8. The second-order valence-electron chi connectivity index (χ2n) is 14.1. The van der Waals surface area contributed by atoms with Crippen LogP contribution in [0.1, 0.15) is 0 Å². The van der Waals surface area contributed by atoms with Gasteiger partial charge in [-0.3, -0.25) is 0 Å². The lowest BCUT2D eigenvalue weighted by molar-refractivity contribution is 0.673. The van der Waals surface area contributed by atoms with Gasteiger partial charge in [-0.2, -0.15) is 0 Å². The molecule has 0 N–H and O–H groups in total. The molecule has 0 fully saturated rings. The highest BCUT2D eigenvalue weighted by molar-refractivity contribution is 6.27. The smallest absolute Gasteiger partial charge is 0.145 e. The predicted molar refractivity (Wildman–Crippen MR) is 231 cm³/mol. The molecule has 3 heteroatoms. The fourth-order valence-electron chi connectivity index (χ4n) is 8.38. The van der Waals surface area contributed by atoms with Gasteiger partial charge in [-0.25, -0.2) is 0 Å². The van der Waals surface area contributed by atoms with E-state index in [2.05, 4.69) is 210 Å². The van der Waals surface area contributed by atoms with E-state index in [0.29, 0.717) is 0 Å². The standard InChI is InChI=1S/C52H34N2O/c1-3-13-35(14-4-1)37-23-28-41(29-24-37)53(40-17-5-2-6-18-40)42-30-26-38(27-31-42)46-34-47-44-19-10-12-22-49(44)55-52(47)50-45-20-9-11-21-48(45)54(51(46)50)43-32-25-36-15-7-8-16-39(36)33-43/h1-34H. The van der Waals surface area contributed by atoms with Crippen molar-refractivity contribution in [1.82, 2.24) is 4.57 Å². The fourth-order valence-corrected chi connectivity index (χ4v) is 8.38. The summed E-state index contributed by atoms with van der Waals surface area (Å²) in [4.78, 5) is 2.33. The van der Waals surface area contributed by atoms with Crippen LogP contribution in [0.3, 0.4) is 0 Å². The Kier molecular flexibility index (Phi) is 7.17. The summed E-state index contributed by atoms with van der Waals surface area (Å²) in [5.41, 5.74) is 13.2. The minimum atomic E-state index is 0.894. The van der Waals surface area contributed by atoms with Crippen molar-refractivity contribution < 1.29 is 4.42 Å². The summed E-state index contributed by atoms with van der Waals surface area (Å²) in [7, 11) is 0. The SMILES string of the molecule is c1ccc(-c2ccc(N(c3ccccc3)c3ccc(-c4cc5c6ccccc6oc5c5c6ccccc6n(-c6ccc7ccccc7c6)c45)cc3)cc2)cc1. The Morgan fingerprint density at radius 1 is 0.400 bits per heavy atom. The number of hydrogen-bond donors (Lipinski definition) is 0. The molecule has 258 valence electrons. The number of anilines is 3. The number of hydrogen-bond acceptors (Lipinski definition) is 2. The zero-order valence-electron chi connectivity index (χ0n) is 29.9. The highest BCUT2D eigenvalue weighted by atomic mass is 16.3. The zero-order chi connectivity index (χ0) is 36.3. The Bertz CT molecular complexity index is 3180. The zero-order valence-corrected chi connectivity index (χ0v) is 29.9. The van der Waals surface area contributed by atoms with E-state index < -0.39 is 0 Å². The van der Waals surface area contributed by atoms with Crippen molar-refractivity contribution >= 4 is 71.6 Å². The molecule has 0 atom stereocenters. The van der Waals surface area contributed by atoms with E-state index in [1.165, 1.54) is 27.3 Å². The van der Waals surface area contributed by atoms with Gasteiger partial charge in [0.05, 0.1) is 16.4 Å². The van der Waals surface area contributed by atoms with E-state index in [4.69, 9.17) is 4.42 Å². The van der Waals surface area contributed by atoms with Crippen LogP contribution >= 0.6 is 0 Å². The fraction of sp³-hybridized carbons (Fsp3) is 0. The maximum atomic E-state index is 6.75. The van der Waals surface area contributed by atoms with Gasteiger partial charge in [-0.1, -0.05) is 140 Å². The maximum absolute atomic E-state index is 6.75. The van der Waals surface area contributed by atoms with Crippen molar-refractivity contribution in [2.45, 2.75) is 0 Å². The summed E-state index contributed by atoms with van der Waals surface area (Å²) in [5, 5.41) is 6.96. The molecular weight excluding hydrogens is 669 g/mol. The van der Waals surface area contributed by atoms with E-state index in [-0.39, 0.29) is 0 Å². The molecule has 0 spiro atoms. The maximum Gasteiger partial charge on any atom is 0.145 e. The van der Waals surface area contributed by atoms with Crippen LogP contribution in [-0.4, -0.2) is 4.57 Å². The number of nitrogens with zero attached hydrogens (tertiary/aromatic N) is 2. The minimum absolute atomic E-state index is 0.894. The summed E-state index contributed by atoms with van der Waals surface area (Å²) < 4.78 is 9.18. The lowest BCUT2D eigenvalue weighted by atomic mass is 9.97. The first-order chi connectivity index (χ1) is 27.3. The van der Waals surface area contributed by atoms with Crippen LogP contribution in [0, 0.1) is 0 Å². The van der Waals surface area contributed by atoms with Gasteiger partial charge in [0, 0.05) is 44.5 Å². The van der Waals surface area contributed by atoms with Gasteiger partial charge in [0.25, 0.3) is 0 Å². The Morgan fingerprint density at radius 3 is 1.75 bits per heavy atom. The van der Waals surface area contributed by atoms with Gasteiger partial charge in [0.1, 0.15) is 11.2 Å². The number of rotatable bonds is 6.